The second-order valence-corrected chi connectivity index (χ2v) is 9.75. The number of hydrogen-bond acceptors (Lipinski definition) is 6. The molecule has 5 rings (SSSR count). The Bertz CT molecular complexity index is 1460. The Balaban J connectivity index is 1.29. The van der Waals surface area contributed by atoms with Gasteiger partial charge in [0.15, 0.2) is 0 Å². The first-order valence-electron chi connectivity index (χ1n) is 10.8. The molecular weight excluding hydrogens is 454 g/mol. The van der Waals surface area contributed by atoms with Gasteiger partial charge in [-0.25, -0.2) is 23.1 Å². The molecule has 1 aliphatic rings. The minimum absolute atomic E-state index is 0.0480. The number of para-hydroxylation sites is 2. The molecule has 10 heteroatoms. The van der Waals surface area contributed by atoms with E-state index in [1.807, 2.05) is 41.0 Å². The zero-order chi connectivity index (χ0) is 23.7. The predicted octanol–water partition coefficient (Wildman–Crippen LogP) is 2.80. The Morgan fingerprint density at radius 1 is 1.12 bits per heavy atom. The summed E-state index contributed by atoms with van der Waals surface area (Å²) in [6, 6.07) is 15.8. The molecule has 0 spiro atoms. The van der Waals surface area contributed by atoms with Gasteiger partial charge in [0.2, 0.25) is 10.0 Å². The second-order valence-electron chi connectivity index (χ2n) is 8.07. The molecule has 1 fully saturated rings. The van der Waals surface area contributed by atoms with Crippen LogP contribution in [0.4, 0.5) is 0 Å². The molecule has 9 nitrogen and oxygen atoms in total. The maximum Gasteiger partial charge on any atom is 0.251 e. The molecule has 0 aliphatic heterocycles. The molecule has 174 valence electrons. The van der Waals surface area contributed by atoms with Crippen LogP contribution in [0.5, 0.6) is 5.75 Å². The zero-order valence-corrected chi connectivity index (χ0v) is 19.2. The molecule has 2 aromatic carbocycles. The van der Waals surface area contributed by atoms with E-state index in [4.69, 9.17) is 4.74 Å². The van der Waals surface area contributed by atoms with E-state index in [9.17, 15) is 13.2 Å². The van der Waals surface area contributed by atoms with E-state index in [1.54, 1.807) is 12.5 Å². The summed E-state index contributed by atoms with van der Waals surface area (Å²) in [7, 11) is -2.38. The van der Waals surface area contributed by atoms with Crippen LogP contribution in [0.1, 0.15) is 28.8 Å². The summed E-state index contributed by atoms with van der Waals surface area (Å²) < 4.78 is 35.1. The van der Waals surface area contributed by atoms with Crippen molar-refractivity contribution in [2.75, 3.05) is 7.11 Å². The number of benzene rings is 2. The van der Waals surface area contributed by atoms with E-state index < -0.39 is 15.9 Å². The number of amides is 1. The number of nitrogens with zero attached hydrogens (tertiary/aromatic N) is 3. The number of carbonyl (C=O) groups is 1. The van der Waals surface area contributed by atoms with Crippen LogP contribution in [0.2, 0.25) is 0 Å². The van der Waals surface area contributed by atoms with Gasteiger partial charge in [-0.1, -0.05) is 18.2 Å². The largest absolute Gasteiger partial charge is 0.495 e. The first kappa shape index (κ1) is 22.1. The number of nitrogens with one attached hydrogen (secondary N) is 2. The van der Waals surface area contributed by atoms with Gasteiger partial charge in [0.25, 0.3) is 5.91 Å². The number of fused-ring (bicyclic) bond motifs is 1. The van der Waals surface area contributed by atoms with Crippen LogP contribution >= 0.6 is 0 Å². The number of sulfonamides is 1. The average molecular weight is 478 g/mol. The summed E-state index contributed by atoms with van der Waals surface area (Å²) in [5.74, 6) is 0.517. The Labute approximate surface area is 196 Å². The fraction of sp³-hybridized carbons (Fsp3) is 0.208. The maximum absolute atomic E-state index is 12.7. The van der Waals surface area contributed by atoms with Gasteiger partial charge >= 0.3 is 0 Å². The van der Waals surface area contributed by atoms with E-state index in [0.29, 0.717) is 0 Å². The Morgan fingerprint density at radius 3 is 2.68 bits per heavy atom. The highest BCUT2D eigenvalue weighted by Gasteiger charge is 2.30. The van der Waals surface area contributed by atoms with Gasteiger partial charge in [0.1, 0.15) is 22.8 Å². The number of hydrogen-bond donors (Lipinski definition) is 2. The standard InChI is InChI=1S/C24H23N5O4S/c1-33-21-10-7-17(12-22(21)34(31,32)28-18-8-9-18)24(30)26-14-16-6-11-23(25-13-16)29-15-27-19-4-2-3-5-20(19)29/h2-7,10-13,15,18,28H,8-9,14H2,1H3,(H,26,30). The molecule has 1 saturated carbocycles. The molecule has 1 amide bonds. The normalized spacial score (nSPS) is 13.7. The quantitative estimate of drug-likeness (QED) is 0.403. The molecule has 2 aromatic heterocycles. The minimum atomic E-state index is -3.78. The van der Waals surface area contributed by atoms with Crippen LogP contribution in [0.3, 0.4) is 0 Å². The van der Waals surface area contributed by atoms with Crippen molar-refractivity contribution in [3.63, 3.8) is 0 Å². The Morgan fingerprint density at radius 2 is 1.94 bits per heavy atom. The molecule has 0 unspecified atom stereocenters. The van der Waals surface area contributed by atoms with Crippen molar-refractivity contribution in [1.82, 2.24) is 24.6 Å². The summed E-state index contributed by atoms with van der Waals surface area (Å²) in [4.78, 5) is 21.6. The van der Waals surface area contributed by atoms with Crippen LogP contribution < -0.4 is 14.8 Å². The van der Waals surface area contributed by atoms with Crippen molar-refractivity contribution in [3.8, 4) is 11.6 Å². The third-order valence-electron chi connectivity index (χ3n) is 5.58. The summed E-state index contributed by atoms with van der Waals surface area (Å²) >= 11 is 0. The number of carbonyl (C=O) groups excluding carboxylic acids is 1. The molecule has 0 saturated heterocycles. The SMILES string of the molecule is COc1ccc(C(=O)NCc2ccc(-n3cnc4ccccc43)nc2)cc1S(=O)(=O)NC1CC1. The van der Waals surface area contributed by atoms with Gasteiger partial charge in [-0.15, -0.1) is 0 Å². The Hall–Kier alpha value is -3.76. The molecule has 2 heterocycles. The lowest BCUT2D eigenvalue weighted by molar-refractivity contribution is 0.0950. The smallest absolute Gasteiger partial charge is 0.251 e. The third kappa shape index (κ3) is 4.50. The van der Waals surface area contributed by atoms with Crippen LogP contribution in [-0.4, -0.2) is 42.0 Å². The highest BCUT2D eigenvalue weighted by Crippen LogP contribution is 2.28. The van der Waals surface area contributed by atoms with Gasteiger partial charge < -0.3 is 10.1 Å². The van der Waals surface area contributed by atoms with Gasteiger partial charge in [0, 0.05) is 24.3 Å². The highest BCUT2D eigenvalue weighted by molar-refractivity contribution is 7.89. The number of aromatic nitrogens is 3. The van der Waals surface area contributed by atoms with Crippen molar-refractivity contribution in [2.24, 2.45) is 0 Å². The average Bonchev–Trinajstić information content (AvgIpc) is 3.56. The fourth-order valence-electron chi connectivity index (χ4n) is 3.60. The number of imidazole rings is 1. The highest BCUT2D eigenvalue weighted by atomic mass is 32.2. The predicted molar refractivity (Wildman–Crippen MR) is 126 cm³/mol. The van der Waals surface area contributed by atoms with E-state index in [2.05, 4.69) is 20.0 Å². The zero-order valence-electron chi connectivity index (χ0n) is 18.4. The van der Waals surface area contributed by atoms with Crippen LogP contribution in [0.15, 0.2) is 72.0 Å². The molecule has 1 aliphatic carbocycles. The minimum Gasteiger partial charge on any atom is -0.495 e. The fourth-order valence-corrected chi connectivity index (χ4v) is 5.10. The first-order valence-corrected chi connectivity index (χ1v) is 12.3. The first-order chi connectivity index (χ1) is 16.4. The molecule has 0 atom stereocenters. The van der Waals surface area contributed by atoms with Crippen LogP contribution in [-0.2, 0) is 16.6 Å². The molecule has 0 radical (unpaired) electrons. The monoisotopic (exact) mass is 477 g/mol. The number of ether oxygens (including phenoxy) is 1. The molecule has 4 aromatic rings. The van der Waals surface area contributed by atoms with Crippen LogP contribution in [0.25, 0.3) is 16.9 Å². The lowest BCUT2D eigenvalue weighted by Crippen LogP contribution is -2.27. The van der Waals surface area contributed by atoms with Crippen molar-refractivity contribution in [2.45, 2.75) is 30.3 Å². The molecule has 0 bridgehead atoms. The van der Waals surface area contributed by atoms with E-state index in [-0.39, 0.29) is 28.8 Å². The van der Waals surface area contributed by atoms with Crippen LogP contribution in [0, 0.1) is 0 Å². The van der Waals surface area contributed by atoms with Gasteiger partial charge in [-0.05, 0) is 54.8 Å². The van der Waals surface area contributed by atoms with Gasteiger partial charge in [0.05, 0.1) is 18.1 Å². The Kier molecular flexibility index (Phi) is 5.76. The van der Waals surface area contributed by atoms with Gasteiger partial charge in [-0.3, -0.25) is 9.36 Å². The summed E-state index contributed by atoms with van der Waals surface area (Å²) in [5, 5.41) is 2.81. The van der Waals surface area contributed by atoms with Crippen molar-refractivity contribution < 1.29 is 17.9 Å². The summed E-state index contributed by atoms with van der Waals surface area (Å²) in [6.07, 6.45) is 5.03. The summed E-state index contributed by atoms with van der Waals surface area (Å²) in [5.41, 5.74) is 2.87. The van der Waals surface area contributed by atoms with Crippen molar-refractivity contribution in [3.05, 3.63) is 78.2 Å². The van der Waals surface area contributed by atoms with Crippen molar-refractivity contribution >= 4 is 27.0 Å². The lowest BCUT2D eigenvalue weighted by atomic mass is 10.2. The van der Waals surface area contributed by atoms with E-state index in [0.717, 1.165) is 35.3 Å². The summed E-state index contributed by atoms with van der Waals surface area (Å²) in [6.45, 7) is 0.241. The number of pyridine rings is 1. The molecular formula is C24H23N5O4S. The molecule has 2 N–H and O–H groups in total. The second kappa shape index (κ2) is 8.88. The van der Waals surface area contributed by atoms with Gasteiger partial charge in [-0.2, -0.15) is 0 Å². The topological polar surface area (TPSA) is 115 Å². The number of rotatable bonds is 8. The number of methoxy groups -OCH3 is 1. The maximum atomic E-state index is 12.7. The van der Waals surface area contributed by atoms with E-state index >= 15 is 0 Å². The van der Waals surface area contributed by atoms with E-state index in [1.165, 1.54) is 25.3 Å². The molecule has 34 heavy (non-hydrogen) atoms. The lowest BCUT2D eigenvalue weighted by Gasteiger charge is -2.12. The van der Waals surface area contributed by atoms with Crippen molar-refractivity contribution in [1.29, 1.82) is 0 Å². The third-order valence-corrected chi connectivity index (χ3v) is 7.12.